The number of carbonyl (C=O) groups excluding carboxylic acids is 5. The first-order chi connectivity index (χ1) is 34.5. The molecule has 0 bridgehead atoms. The van der Waals surface area contributed by atoms with Crippen molar-refractivity contribution in [2.24, 2.45) is 0 Å². The van der Waals surface area contributed by atoms with E-state index in [1.165, 1.54) is 109 Å². The zero-order valence-corrected chi connectivity index (χ0v) is 45.5. The van der Waals surface area contributed by atoms with Crippen LogP contribution >= 0.6 is 30.4 Å². The Balaban J connectivity index is 0.0000104. The summed E-state index contributed by atoms with van der Waals surface area (Å²) < 4.78 is 46.8. The number of hydrogen-bond acceptors (Lipinski definition) is 9. The molecule has 6 aromatic rings. The Morgan fingerprint density at radius 3 is 1.03 bits per heavy atom. The minimum absolute atomic E-state index is 0. The number of amides is 6. The van der Waals surface area contributed by atoms with Gasteiger partial charge in [0.1, 0.15) is 0 Å². The van der Waals surface area contributed by atoms with Gasteiger partial charge in [-0.3, -0.25) is 37.4 Å². The molecule has 0 aromatic heterocycles. The van der Waals surface area contributed by atoms with Crippen LogP contribution in [0.25, 0.3) is 0 Å². The Labute approximate surface area is 449 Å². The van der Waals surface area contributed by atoms with Crippen LogP contribution in [0.1, 0.15) is 74.8 Å². The van der Waals surface area contributed by atoms with Crippen molar-refractivity contribution in [1.29, 1.82) is 0 Å². The smallest absolute Gasteiger partial charge is 0.324 e. The van der Waals surface area contributed by atoms with E-state index in [1.807, 2.05) is 0 Å². The van der Waals surface area contributed by atoms with Crippen LogP contribution in [0.2, 0.25) is 0 Å². The zero-order valence-electron chi connectivity index (χ0n) is 39.9. The molecule has 23 nitrogen and oxygen atoms in total. The first kappa shape index (κ1) is 59.9. The van der Waals surface area contributed by atoms with E-state index in [0.29, 0.717) is 11.1 Å². The van der Waals surface area contributed by atoms with Gasteiger partial charge in [0, 0.05) is 85.9 Å². The average Bonchev–Trinajstić information content (AvgIpc) is 3.27. The van der Waals surface area contributed by atoms with Crippen molar-refractivity contribution in [3.63, 3.8) is 0 Å². The minimum atomic E-state index is -4.69. The van der Waals surface area contributed by atoms with Crippen molar-refractivity contribution in [3.05, 3.63) is 177 Å². The van der Waals surface area contributed by atoms with Gasteiger partial charge in [-0.2, -0.15) is 0 Å². The maximum atomic E-state index is 13.5. The molecule has 75 heavy (non-hydrogen) atoms. The van der Waals surface area contributed by atoms with E-state index in [1.54, 1.807) is 26.0 Å². The van der Waals surface area contributed by atoms with E-state index in [4.69, 9.17) is 0 Å². The van der Waals surface area contributed by atoms with Crippen LogP contribution in [0.3, 0.4) is 0 Å². The molecular weight excluding hydrogens is 1070 g/mol. The number of aryl methyl sites for hydroxylation is 2. The fraction of sp³-hybridized carbons (Fsp3) is 0.128. The molecule has 0 aliphatic heterocycles. The Morgan fingerprint density at radius 1 is 0.373 bits per heavy atom. The largest absolute Gasteiger partial charge is 0.329 e. The SMILES string of the molecule is Cc1ccc(C(=O)Nc2ccc(CP(=O)(O)O)cc2CP(=O)(O)O)cc1NC(=O)c1cccc(NC(=O)Nc2cccc(C(=O)Nc3cc(C(=O)Nc4ccc(CP(=O)(O)O)cc4CP(=O)(O)O)ccc3C)c2)c1.[Na]. The summed E-state index contributed by atoms with van der Waals surface area (Å²) in [6.07, 6.45) is -3.04. The Bertz CT molecular complexity index is 3190. The molecule has 0 spiro atoms. The van der Waals surface area contributed by atoms with Crippen LogP contribution in [0, 0.1) is 13.8 Å². The zero-order chi connectivity index (χ0) is 54.3. The van der Waals surface area contributed by atoms with Gasteiger partial charge in [0.2, 0.25) is 0 Å². The van der Waals surface area contributed by atoms with E-state index >= 15 is 0 Å². The second-order valence-electron chi connectivity index (χ2n) is 16.9. The predicted molar refractivity (Wildman–Crippen MR) is 281 cm³/mol. The minimum Gasteiger partial charge on any atom is -0.324 e. The third kappa shape index (κ3) is 18.7. The number of urea groups is 1. The van der Waals surface area contributed by atoms with Gasteiger partial charge in [0.25, 0.3) is 23.6 Å². The van der Waals surface area contributed by atoms with Crippen LogP contribution in [0.5, 0.6) is 0 Å². The summed E-state index contributed by atoms with van der Waals surface area (Å²) in [7, 11) is -18.4. The fourth-order valence-corrected chi connectivity index (χ4v) is 10.0. The average molecular weight is 1120 g/mol. The van der Waals surface area contributed by atoms with Crippen LogP contribution in [-0.2, 0) is 42.9 Å². The number of carbonyl (C=O) groups is 5. The molecule has 6 amide bonds. The third-order valence-electron chi connectivity index (χ3n) is 10.6. The van der Waals surface area contributed by atoms with Gasteiger partial charge in [-0.25, -0.2) is 4.79 Å². The fourth-order valence-electron chi connectivity index (χ4n) is 7.26. The van der Waals surface area contributed by atoms with Crippen molar-refractivity contribution >= 4 is 124 Å². The molecule has 0 saturated carbocycles. The third-order valence-corrected chi connectivity index (χ3v) is 13.7. The number of rotatable bonds is 18. The molecule has 0 aliphatic rings. The second kappa shape index (κ2) is 24.8. The van der Waals surface area contributed by atoms with Crippen molar-refractivity contribution in [2.75, 3.05) is 31.9 Å². The van der Waals surface area contributed by atoms with E-state index in [0.717, 1.165) is 0 Å². The summed E-state index contributed by atoms with van der Waals surface area (Å²) in [5.41, 5.74) is 2.27. The van der Waals surface area contributed by atoms with Gasteiger partial charge < -0.3 is 71.0 Å². The van der Waals surface area contributed by atoms with Gasteiger partial charge >= 0.3 is 36.4 Å². The molecule has 1 radical (unpaired) electrons. The number of benzene rings is 6. The first-order valence-corrected chi connectivity index (χ1v) is 28.8. The van der Waals surface area contributed by atoms with Crippen LogP contribution in [0.15, 0.2) is 121 Å². The maximum Gasteiger partial charge on any atom is 0.329 e. The molecule has 0 fully saturated rings. The van der Waals surface area contributed by atoms with Crippen molar-refractivity contribution in [1.82, 2.24) is 0 Å². The van der Waals surface area contributed by atoms with Crippen LogP contribution in [-0.4, -0.2) is 98.4 Å². The molecule has 28 heteroatoms. The summed E-state index contributed by atoms with van der Waals surface area (Å²) in [6, 6.07) is 27.3. The monoisotopic (exact) mass is 1120 g/mol. The van der Waals surface area contributed by atoms with Crippen molar-refractivity contribution < 1.29 is 81.4 Å². The van der Waals surface area contributed by atoms with Gasteiger partial charge in [-0.05, 0) is 120 Å². The van der Waals surface area contributed by atoms with E-state index in [-0.39, 0.29) is 108 Å². The molecule has 14 N–H and O–H groups in total. The van der Waals surface area contributed by atoms with E-state index < -0.39 is 84.7 Å². The van der Waals surface area contributed by atoms with Gasteiger partial charge in [-0.15, -0.1) is 0 Å². The molecule has 6 rings (SSSR count). The molecular formula is C47H48N6NaO17P4. The molecule has 0 unspecified atom stereocenters. The molecule has 389 valence electrons. The number of nitrogens with one attached hydrogen (secondary N) is 6. The molecule has 0 atom stereocenters. The molecule has 0 aliphatic carbocycles. The summed E-state index contributed by atoms with van der Waals surface area (Å²) in [6.45, 7) is 3.34. The quantitative estimate of drug-likeness (QED) is 0.0297. The van der Waals surface area contributed by atoms with E-state index in [2.05, 4.69) is 31.9 Å². The molecule has 6 aromatic carbocycles. The summed E-state index contributed by atoms with van der Waals surface area (Å²) in [4.78, 5) is 143. The van der Waals surface area contributed by atoms with Gasteiger partial charge in [0.05, 0.1) is 24.6 Å². The van der Waals surface area contributed by atoms with Crippen molar-refractivity contribution in [2.45, 2.75) is 38.5 Å². The number of hydrogen-bond donors (Lipinski definition) is 14. The Kier molecular flexibility index (Phi) is 19.8. The second-order valence-corrected chi connectivity index (χ2v) is 23.5. The summed E-state index contributed by atoms with van der Waals surface area (Å²) >= 11 is 0. The number of anilines is 6. The van der Waals surface area contributed by atoms with Gasteiger partial charge in [0.15, 0.2) is 0 Å². The van der Waals surface area contributed by atoms with Crippen molar-refractivity contribution in [3.8, 4) is 0 Å². The topological polar surface area (TPSA) is 388 Å². The Hall–Kier alpha value is -5.93. The maximum absolute atomic E-state index is 13.5. The predicted octanol–water partition coefficient (Wildman–Crippen LogP) is 7.29. The van der Waals surface area contributed by atoms with E-state index in [9.17, 15) is 81.4 Å². The summed E-state index contributed by atoms with van der Waals surface area (Å²) in [5, 5.41) is 15.8. The Morgan fingerprint density at radius 2 is 0.693 bits per heavy atom. The van der Waals surface area contributed by atoms with Gasteiger partial charge in [-0.1, -0.05) is 48.5 Å². The standard InChI is InChI=1S/C47H48N6O17P4.Na/c1-27-9-13-33(45(56)50-39-15-11-29(23-71(59,60)61)17-35(39)25-73(65,66)67)21-41(27)52-43(54)31-5-3-7-37(19-31)48-47(58)49-38-8-4-6-32(20-38)44(55)53-42-22-34(14-10-28(42)2)46(57)51-40-16-12-30(24-72(62,63)64)18-36(40)26-74(68,69)70;/h3-22H,23-26H2,1-2H3,(H,50,56)(H,51,57)(H,52,54)(H,53,55)(H2,48,49,58)(H2,59,60,61)(H2,62,63,64)(H2,65,66,67)(H2,68,69,70);. The first-order valence-electron chi connectivity index (χ1n) is 21.6. The summed E-state index contributed by atoms with van der Waals surface area (Å²) in [5.74, 6) is -2.71. The molecule has 0 heterocycles. The van der Waals surface area contributed by atoms with Crippen LogP contribution < -0.4 is 31.9 Å². The molecule has 0 saturated heterocycles. The normalized spacial score (nSPS) is 11.7. The van der Waals surface area contributed by atoms with Crippen LogP contribution in [0.4, 0.5) is 38.9 Å².